The van der Waals surface area contributed by atoms with Crippen molar-refractivity contribution in [3.8, 4) is 0 Å². The number of rotatable bonds is 3. The van der Waals surface area contributed by atoms with Crippen LogP contribution in [0.15, 0.2) is 18.2 Å². The van der Waals surface area contributed by atoms with Crippen LogP contribution in [0.5, 0.6) is 0 Å². The van der Waals surface area contributed by atoms with Crippen molar-refractivity contribution in [1.82, 2.24) is 4.90 Å². The predicted octanol–water partition coefficient (Wildman–Crippen LogP) is 1.80. The standard InChI is InChI=1S/C14H17FN2O4/c1-2-21-14(20)17-8-6-16(7-9-17)11-5-3-4-10(15)12(11)13(18)19/h3-5H,2,6-9H2,1H3,(H,18,19). The lowest BCUT2D eigenvalue weighted by Gasteiger charge is -2.36. The lowest BCUT2D eigenvalue weighted by atomic mass is 10.1. The molecular weight excluding hydrogens is 279 g/mol. The van der Waals surface area contributed by atoms with Crippen LogP contribution in [0, 0.1) is 5.82 Å². The first-order valence-corrected chi connectivity index (χ1v) is 6.73. The molecule has 1 amide bonds. The van der Waals surface area contributed by atoms with Gasteiger partial charge in [-0.25, -0.2) is 14.0 Å². The molecule has 0 aromatic heterocycles. The van der Waals surface area contributed by atoms with Gasteiger partial charge in [0.1, 0.15) is 11.4 Å². The first kappa shape index (κ1) is 15.1. The minimum Gasteiger partial charge on any atom is -0.478 e. The molecule has 1 fully saturated rings. The van der Waals surface area contributed by atoms with Gasteiger partial charge in [0, 0.05) is 26.2 Å². The number of hydrogen-bond donors (Lipinski definition) is 1. The Balaban J connectivity index is 2.11. The van der Waals surface area contributed by atoms with Gasteiger partial charge in [-0.05, 0) is 19.1 Å². The molecule has 0 radical (unpaired) electrons. The number of ether oxygens (including phenoxy) is 1. The van der Waals surface area contributed by atoms with E-state index in [-0.39, 0.29) is 11.7 Å². The van der Waals surface area contributed by atoms with Crippen molar-refractivity contribution in [3.63, 3.8) is 0 Å². The van der Waals surface area contributed by atoms with E-state index in [9.17, 15) is 14.0 Å². The third-order valence-corrected chi connectivity index (χ3v) is 3.35. The summed E-state index contributed by atoms with van der Waals surface area (Å²) in [6.07, 6.45) is -0.380. The second kappa shape index (κ2) is 6.43. The fourth-order valence-corrected chi connectivity index (χ4v) is 2.33. The zero-order chi connectivity index (χ0) is 15.4. The van der Waals surface area contributed by atoms with Crippen LogP contribution in [0.25, 0.3) is 0 Å². The fourth-order valence-electron chi connectivity index (χ4n) is 2.33. The number of carboxylic acids is 1. The molecule has 0 unspecified atom stereocenters. The van der Waals surface area contributed by atoms with E-state index in [1.165, 1.54) is 6.07 Å². The summed E-state index contributed by atoms with van der Waals surface area (Å²) in [5.74, 6) is -2.05. The minimum atomic E-state index is -1.30. The number of carbonyl (C=O) groups is 2. The highest BCUT2D eigenvalue weighted by atomic mass is 19.1. The van der Waals surface area contributed by atoms with E-state index in [0.29, 0.717) is 38.5 Å². The Morgan fingerprint density at radius 1 is 1.29 bits per heavy atom. The molecule has 0 atom stereocenters. The second-order valence-electron chi connectivity index (χ2n) is 4.61. The van der Waals surface area contributed by atoms with Crippen molar-refractivity contribution >= 4 is 17.7 Å². The number of carbonyl (C=O) groups excluding carboxylic acids is 1. The van der Waals surface area contributed by atoms with Gasteiger partial charge < -0.3 is 19.6 Å². The summed E-state index contributed by atoms with van der Waals surface area (Å²) in [5, 5.41) is 9.14. The molecule has 1 heterocycles. The fraction of sp³-hybridized carbons (Fsp3) is 0.429. The molecule has 0 aliphatic carbocycles. The second-order valence-corrected chi connectivity index (χ2v) is 4.61. The molecule has 114 valence electrons. The number of amides is 1. The molecule has 0 bridgehead atoms. The molecule has 0 saturated carbocycles. The van der Waals surface area contributed by atoms with Crippen LogP contribution in [0.3, 0.4) is 0 Å². The monoisotopic (exact) mass is 296 g/mol. The highest BCUT2D eigenvalue weighted by molar-refractivity contribution is 5.94. The maximum atomic E-state index is 13.7. The highest BCUT2D eigenvalue weighted by Gasteiger charge is 2.26. The summed E-state index contributed by atoms with van der Waals surface area (Å²) >= 11 is 0. The topological polar surface area (TPSA) is 70.1 Å². The number of carboxylic acid groups (broad SMARTS) is 1. The lowest BCUT2D eigenvalue weighted by Crippen LogP contribution is -2.49. The zero-order valence-electron chi connectivity index (χ0n) is 11.7. The summed E-state index contributed by atoms with van der Waals surface area (Å²) < 4.78 is 18.6. The van der Waals surface area contributed by atoms with Crippen molar-refractivity contribution in [2.24, 2.45) is 0 Å². The Morgan fingerprint density at radius 2 is 1.95 bits per heavy atom. The van der Waals surface area contributed by atoms with Crippen molar-refractivity contribution in [2.45, 2.75) is 6.92 Å². The Morgan fingerprint density at radius 3 is 2.52 bits per heavy atom. The van der Waals surface area contributed by atoms with Gasteiger partial charge in [0.15, 0.2) is 0 Å². The van der Waals surface area contributed by atoms with E-state index < -0.39 is 11.8 Å². The van der Waals surface area contributed by atoms with Gasteiger partial charge in [0.25, 0.3) is 0 Å². The maximum Gasteiger partial charge on any atom is 0.409 e. The van der Waals surface area contributed by atoms with E-state index in [4.69, 9.17) is 9.84 Å². The Kier molecular flexibility index (Phi) is 4.62. The van der Waals surface area contributed by atoms with E-state index in [0.717, 1.165) is 6.07 Å². The summed E-state index contributed by atoms with van der Waals surface area (Å²) in [7, 11) is 0. The summed E-state index contributed by atoms with van der Waals surface area (Å²) in [5.41, 5.74) is 0.00749. The Hall–Kier alpha value is -2.31. The molecular formula is C14H17FN2O4. The number of anilines is 1. The van der Waals surface area contributed by atoms with Gasteiger partial charge in [0.05, 0.1) is 12.3 Å². The smallest absolute Gasteiger partial charge is 0.409 e. The van der Waals surface area contributed by atoms with Gasteiger partial charge in [-0.1, -0.05) is 6.07 Å². The van der Waals surface area contributed by atoms with Crippen LogP contribution in [-0.2, 0) is 4.74 Å². The highest BCUT2D eigenvalue weighted by Crippen LogP contribution is 2.24. The SMILES string of the molecule is CCOC(=O)N1CCN(c2cccc(F)c2C(=O)O)CC1. The van der Waals surface area contributed by atoms with Crippen LogP contribution in [0.4, 0.5) is 14.9 Å². The number of piperazine rings is 1. The van der Waals surface area contributed by atoms with Crippen LogP contribution in [0.1, 0.15) is 17.3 Å². The Bertz CT molecular complexity index is 542. The summed E-state index contributed by atoms with van der Waals surface area (Å²) in [4.78, 5) is 26.1. The summed E-state index contributed by atoms with van der Waals surface area (Å²) in [6.45, 7) is 3.74. The number of aromatic carboxylic acids is 1. The molecule has 1 N–H and O–H groups in total. The zero-order valence-corrected chi connectivity index (χ0v) is 11.7. The number of benzene rings is 1. The molecule has 21 heavy (non-hydrogen) atoms. The molecule has 7 heteroatoms. The van der Waals surface area contributed by atoms with E-state index >= 15 is 0 Å². The van der Waals surface area contributed by atoms with Crippen molar-refractivity contribution in [1.29, 1.82) is 0 Å². The van der Waals surface area contributed by atoms with Gasteiger partial charge >= 0.3 is 12.1 Å². The van der Waals surface area contributed by atoms with Crippen LogP contribution in [-0.4, -0.2) is 54.9 Å². The quantitative estimate of drug-likeness (QED) is 0.921. The molecule has 0 spiro atoms. The Labute approximate surface area is 121 Å². The average Bonchev–Trinajstić information content (AvgIpc) is 2.47. The third-order valence-electron chi connectivity index (χ3n) is 3.35. The van der Waals surface area contributed by atoms with Crippen molar-refractivity contribution in [3.05, 3.63) is 29.6 Å². The lowest BCUT2D eigenvalue weighted by molar-refractivity contribution is 0.0691. The van der Waals surface area contributed by atoms with Gasteiger partial charge in [0.2, 0.25) is 0 Å². The van der Waals surface area contributed by atoms with E-state index in [1.54, 1.807) is 22.8 Å². The molecule has 6 nitrogen and oxygen atoms in total. The predicted molar refractivity (Wildman–Crippen MR) is 74.2 cm³/mol. The minimum absolute atomic E-state index is 0.312. The van der Waals surface area contributed by atoms with E-state index in [2.05, 4.69) is 0 Å². The van der Waals surface area contributed by atoms with E-state index in [1.807, 2.05) is 0 Å². The number of halogens is 1. The number of nitrogens with zero attached hydrogens (tertiary/aromatic N) is 2. The molecule has 1 aromatic carbocycles. The first-order chi connectivity index (χ1) is 10.0. The summed E-state index contributed by atoms with van der Waals surface area (Å²) in [6, 6.07) is 4.18. The first-order valence-electron chi connectivity index (χ1n) is 6.73. The van der Waals surface area contributed by atoms with Crippen LogP contribution < -0.4 is 4.90 Å². The van der Waals surface area contributed by atoms with Crippen molar-refractivity contribution in [2.75, 3.05) is 37.7 Å². The van der Waals surface area contributed by atoms with Gasteiger partial charge in [-0.15, -0.1) is 0 Å². The van der Waals surface area contributed by atoms with Gasteiger partial charge in [-0.3, -0.25) is 0 Å². The number of hydrogen-bond acceptors (Lipinski definition) is 4. The largest absolute Gasteiger partial charge is 0.478 e. The van der Waals surface area contributed by atoms with Crippen LogP contribution >= 0.6 is 0 Å². The molecule has 1 aromatic rings. The van der Waals surface area contributed by atoms with Crippen LogP contribution in [0.2, 0.25) is 0 Å². The maximum absolute atomic E-state index is 13.7. The average molecular weight is 296 g/mol. The van der Waals surface area contributed by atoms with Gasteiger partial charge in [-0.2, -0.15) is 0 Å². The third kappa shape index (κ3) is 3.24. The molecule has 1 aliphatic heterocycles. The molecule has 1 saturated heterocycles. The molecule has 2 rings (SSSR count). The molecule has 1 aliphatic rings. The van der Waals surface area contributed by atoms with Crippen molar-refractivity contribution < 1.29 is 23.8 Å². The normalized spacial score (nSPS) is 15.0.